The quantitative estimate of drug-likeness (QED) is 0.444. The SMILES string of the molecule is Cc1ccc(C(=O)C[S+]2CCCC2)cc1.N#Cc1ccc(S(=O)(=O)[O-])cc1. The first kappa shape index (κ1) is 21.2. The van der Waals surface area contributed by atoms with E-state index in [0.29, 0.717) is 22.2 Å². The number of carbonyl (C=O) groups excluding carboxylic acids is 1. The zero-order chi connectivity index (χ0) is 19.9. The number of nitrogens with zero attached hydrogens (tertiary/aromatic N) is 1. The molecule has 0 spiro atoms. The fourth-order valence-electron chi connectivity index (χ4n) is 2.56. The summed E-state index contributed by atoms with van der Waals surface area (Å²) in [5.41, 5.74) is 2.43. The Kier molecular flexibility index (Phi) is 7.60. The first-order valence-electron chi connectivity index (χ1n) is 8.49. The van der Waals surface area contributed by atoms with Gasteiger partial charge in [0, 0.05) is 5.56 Å². The van der Waals surface area contributed by atoms with Gasteiger partial charge in [0.1, 0.15) is 21.6 Å². The lowest BCUT2D eigenvalue weighted by atomic mass is 10.1. The average Bonchev–Trinajstić information content (AvgIpc) is 3.15. The Morgan fingerprint density at radius 3 is 2.11 bits per heavy atom. The normalized spacial score (nSPS) is 14.1. The van der Waals surface area contributed by atoms with Crippen LogP contribution in [0.4, 0.5) is 0 Å². The summed E-state index contributed by atoms with van der Waals surface area (Å²) < 4.78 is 31.2. The van der Waals surface area contributed by atoms with Crippen molar-refractivity contribution in [2.45, 2.75) is 24.7 Å². The second-order valence-electron chi connectivity index (χ2n) is 6.25. The van der Waals surface area contributed by atoms with Crippen molar-refractivity contribution in [3.63, 3.8) is 0 Å². The van der Waals surface area contributed by atoms with Crippen LogP contribution >= 0.6 is 0 Å². The van der Waals surface area contributed by atoms with Gasteiger partial charge in [-0.3, -0.25) is 4.79 Å². The van der Waals surface area contributed by atoms with Crippen LogP contribution in [0, 0.1) is 18.3 Å². The lowest BCUT2D eigenvalue weighted by Crippen LogP contribution is -2.17. The van der Waals surface area contributed by atoms with E-state index in [2.05, 4.69) is 0 Å². The molecule has 1 saturated heterocycles. The second-order valence-corrected chi connectivity index (χ2v) is 9.96. The van der Waals surface area contributed by atoms with Crippen LogP contribution in [0.2, 0.25) is 0 Å². The number of hydrogen-bond acceptors (Lipinski definition) is 5. The van der Waals surface area contributed by atoms with Gasteiger partial charge in [-0.1, -0.05) is 29.8 Å². The standard InChI is InChI=1S/C13H17OS.C7H5NO3S/c1-11-4-6-12(7-5-11)13(14)10-15-8-2-3-9-15;8-5-6-1-3-7(4-2-6)12(9,10)11/h4-7H,2-3,8-10H2,1H3;1-4H,(H,9,10,11)/q+1;/p-1. The smallest absolute Gasteiger partial charge is 0.211 e. The number of benzene rings is 2. The summed E-state index contributed by atoms with van der Waals surface area (Å²) in [6.07, 6.45) is 2.65. The van der Waals surface area contributed by atoms with Crippen molar-refractivity contribution >= 4 is 26.8 Å². The van der Waals surface area contributed by atoms with Crippen LogP contribution in [0.5, 0.6) is 0 Å². The van der Waals surface area contributed by atoms with Gasteiger partial charge in [-0.25, -0.2) is 8.42 Å². The lowest BCUT2D eigenvalue weighted by molar-refractivity contribution is 0.102. The van der Waals surface area contributed by atoms with E-state index in [9.17, 15) is 17.8 Å². The number of carbonyl (C=O) groups is 1. The molecule has 1 fully saturated rings. The monoisotopic (exact) mass is 403 g/mol. The molecule has 0 saturated carbocycles. The maximum Gasteiger partial charge on any atom is 0.211 e. The zero-order valence-electron chi connectivity index (χ0n) is 15.1. The highest BCUT2D eigenvalue weighted by molar-refractivity contribution is 7.97. The maximum absolute atomic E-state index is 11.9. The van der Waals surface area contributed by atoms with E-state index in [0.717, 1.165) is 23.4 Å². The summed E-state index contributed by atoms with van der Waals surface area (Å²) >= 11 is 0. The molecule has 0 amide bonds. The molecule has 0 radical (unpaired) electrons. The third kappa shape index (κ3) is 6.83. The summed E-state index contributed by atoms with van der Waals surface area (Å²) in [6.45, 7) is 2.05. The summed E-state index contributed by atoms with van der Waals surface area (Å²) in [5.74, 6) is 3.67. The Bertz CT molecular complexity index is 908. The first-order chi connectivity index (χ1) is 12.8. The van der Waals surface area contributed by atoms with Crippen LogP contribution in [0.3, 0.4) is 0 Å². The van der Waals surface area contributed by atoms with Crippen LogP contribution in [0.15, 0.2) is 53.4 Å². The van der Waals surface area contributed by atoms with E-state index in [1.165, 1.54) is 42.0 Å². The Hall–Kier alpha value is -2.14. The number of hydrogen-bond donors (Lipinski definition) is 0. The van der Waals surface area contributed by atoms with E-state index in [1.54, 1.807) is 0 Å². The molecule has 0 bridgehead atoms. The summed E-state index contributed by atoms with van der Waals surface area (Å²) in [5, 5.41) is 8.35. The van der Waals surface area contributed by atoms with Crippen molar-refractivity contribution in [2.75, 3.05) is 17.3 Å². The fourth-order valence-corrected chi connectivity index (χ4v) is 5.29. The number of nitriles is 1. The first-order valence-corrected chi connectivity index (χ1v) is 11.6. The molecule has 0 N–H and O–H groups in total. The van der Waals surface area contributed by atoms with Crippen LogP contribution in [0.1, 0.15) is 34.3 Å². The highest BCUT2D eigenvalue weighted by Gasteiger charge is 2.27. The van der Waals surface area contributed by atoms with Gasteiger partial charge in [-0.15, -0.1) is 0 Å². The number of aryl methyl sites for hydroxylation is 1. The van der Waals surface area contributed by atoms with Crippen LogP contribution in [-0.4, -0.2) is 36.0 Å². The molecular formula is C20H21NO4S2. The van der Waals surface area contributed by atoms with Gasteiger partial charge in [-0.05, 0) is 54.9 Å². The summed E-state index contributed by atoms with van der Waals surface area (Å²) in [6, 6.07) is 14.5. The molecule has 1 aliphatic heterocycles. The van der Waals surface area contributed by atoms with Crippen LogP contribution < -0.4 is 0 Å². The second kappa shape index (κ2) is 9.70. The van der Waals surface area contributed by atoms with Gasteiger partial charge in [0.25, 0.3) is 0 Å². The van der Waals surface area contributed by atoms with Gasteiger partial charge in [0.2, 0.25) is 5.78 Å². The van der Waals surface area contributed by atoms with E-state index in [-0.39, 0.29) is 4.90 Å². The largest absolute Gasteiger partial charge is 0.744 e. The van der Waals surface area contributed by atoms with Crippen molar-refractivity contribution in [1.82, 2.24) is 0 Å². The molecule has 0 aromatic heterocycles. The summed E-state index contributed by atoms with van der Waals surface area (Å²) in [7, 11) is -4.00. The van der Waals surface area contributed by atoms with Gasteiger partial charge < -0.3 is 4.55 Å². The molecular weight excluding hydrogens is 382 g/mol. The van der Waals surface area contributed by atoms with E-state index >= 15 is 0 Å². The molecule has 3 rings (SSSR count). The van der Waals surface area contributed by atoms with Crippen molar-refractivity contribution in [3.8, 4) is 6.07 Å². The van der Waals surface area contributed by atoms with Gasteiger partial charge >= 0.3 is 0 Å². The Balaban J connectivity index is 0.000000199. The highest BCUT2D eigenvalue weighted by atomic mass is 32.2. The molecule has 0 aliphatic carbocycles. The van der Waals surface area contributed by atoms with E-state index < -0.39 is 10.1 Å². The predicted octanol–water partition coefficient (Wildman–Crippen LogP) is 3.05. The molecule has 1 heterocycles. The molecule has 1 aliphatic rings. The third-order valence-corrected chi connectivity index (χ3v) is 7.35. The fraction of sp³-hybridized carbons (Fsp3) is 0.300. The molecule has 0 unspecified atom stereocenters. The minimum absolute atomic E-state index is 0.318. The highest BCUT2D eigenvalue weighted by Crippen LogP contribution is 2.15. The number of rotatable bonds is 4. The Morgan fingerprint density at radius 2 is 1.63 bits per heavy atom. The van der Waals surface area contributed by atoms with E-state index in [4.69, 9.17) is 5.26 Å². The van der Waals surface area contributed by atoms with Crippen molar-refractivity contribution in [1.29, 1.82) is 5.26 Å². The Labute approximate surface area is 163 Å². The van der Waals surface area contributed by atoms with E-state index in [1.807, 2.05) is 37.3 Å². The molecule has 0 atom stereocenters. The van der Waals surface area contributed by atoms with Gasteiger partial charge in [0.15, 0.2) is 5.75 Å². The van der Waals surface area contributed by atoms with Crippen LogP contribution in [0.25, 0.3) is 0 Å². The average molecular weight is 404 g/mol. The minimum atomic E-state index is -4.39. The van der Waals surface area contributed by atoms with Gasteiger partial charge in [0.05, 0.1) is 16.5 Å². The maximum atomic E-state index is 11.9. The molecule has 142 valence electrons. The lowest BCUT2D eigenvalue weighted by Gasteiger charge is -2.05. The summed E-state index contributed by atoms with van der Waals surface area (Å²) in [4.78, 5) is 11.6. The van der Waals surface area contributed by atoms with Crippen molar-refractivity contribution in [2.24, 2.45) is 0 Å². The molecule has 2 aromatic carbocycles. The zero-order valence-corrected chi connectivity index (χ0v) is 16.7. The minimum Gasteiger partial charge on any atom is -0.744 e. The predicted molar refractivity (Wildman–Crippen MR) is 106 cm³/mol. The molecule has 7 heteroatoms. The molecule has 27 heavy (non-hydrogen) atoms. The molecule has 2 aromatic rings. The van der Waals surface area contributed by atoms with Crippen molar-refractivity contribution < 1.29 is 17.8 Å². The van der Waals surface area contributed by atoms with Crippen LogP contribution in [-0.2, 0) is 21.0 Å². The Morgan fingerprint density at radius 1 is 1.07 bits per heavy atom. The number of Topliss-reactive ketones (excluding diaryl/α,β-unsaturated/α-hetero) is 1. The van der Waals surface area contributed by atoms with Crippen molar-refractivity contribution in [3.05, 3.63) is 65.2 Å². The topological polar surface area (TPSA) is 98.1 Å². The van der Waals surface area contributed by atoms with Gasteiger partial charge in [-0.2, -0.15) is 5.26 Å². The third-order valence-electron chi connectivity index (χ3n) is 4.10. The number of ketones is 1. The molecule has 5 nitrogen and oxygen atoms in total.